The van der Waals surface area contributed by atoms with Crippen LogP contribution in [0, 0.1) is 5.92 Å². The molecule has 0 bridgehead atoms. The lowest BCUT2D eigenvalue weighted by molar-refractivity contribution is 0.0693. The number of methoxy groups -OCH3 is 1. The van der Waals surface area contributed by atoms with Gasteiger partial charge in [0.2, 0.25) is 0 Å². The van der Waals surface area contributed by atoms with Crippen molar-refractivity contribution < 1.29 is 14.3 Å². The Kier molecular flexibility index (Phi) is 6.08. The molecular formula is C16H23BrN2O3. The molecule has 1 saturated heterocycles. The molecule has 0 spiro atoms. The molecule has 0 aromatic heterocycles. The van der Waals surface area contributed by atoms with Crippen LogP contribution in [-0.4, -0.2) is 44.2 Å². The van der Waals surface area contributed by atoms with E-state index in [0.717, 1.165) is 30.4 Å². The number of hydrogen-bond donors (Lipinski definition) is 1. The average Bonchev–Trinajstić information content (AvgIpc) is 2.56. The Hall–Kier alpha value is -1.27. The van der Waals surface area contributed by atoms with Crippen molar-refractivity contribution in [2.45, 2.75) is 19.8 Å². The van der Waals surface area contributed by atoms with Crippen LogP contribution in [0.1, 0.15) is 30.1 Å². The van der Waals surface area contributed by atoms with Gasteiger partial charge in [0.1, 0.15) is 0 Å². The quantitative estimate of drug-likeness (QED) is 0.865. The summed E-state index contributed by atoms with van der Waals surface area (Å²) in [6, 6.07) is 3.54. The second-order valence-corrected chi connectivity index (χ2v) is 6.25. The minimum absolute atomic E-state index is 0.0255. The highest BCUT2D eigenvalue weighted by Gasteiger charge is 2.24. The molecule has 0 unspecified atom stereocenters. The van der Waals surface area contributed by atoms with E-state index in [1.54, 1.807) is 19.2 Å². The van der Waals surface area contributed by atoms with Crippen LogP contribution in [0.5, 0.6) is 11.5 Å². The summed E-state index contributed by atoms with van der Waals surface area (Å²) in [5, 5.41) is 0. The van der Waals surface area contributed by atoms with Gasteiger partial charge in [0.25, 0.3) is 5.91 Å². The van der Waals surface area contributed by atoms with Crippen molar-refractivity contribution in [2.24, 2.45) is 11.7 Å². The lowest BCUT2D eigenvalue weighted by atomic mass is 9.96. The molecular weight excluding hydrogens is 348 g/mol. The maximum Gasteiger partial charge on any atom is 0.254 e. The standard InChI is InChI=1S/C16H23BrN2O3/c1-3-22-15-13(17)8-12(9-14(15)21-2)16(20)19-6-4-11(10-18)5-7-19/h8-9,11H,3-7,10,18H2,1-2H3. The second-order valence-electron chi connectivity index (χ2n) is 5.39. The third kappa shape index (κ3) is 3.73. The van der Waals surface area contributed by atoms with Crippen LogP contribution in [0.25, 0.3) is 0 Å². The van der Waals surface area contributed by atoms with Crippen LogP contribution >= 0.6 is 15.9 Å². The highest BCUT2D eigenvalue weighted by molar-refractivity contribution is 9.10. The molecule has 22 heavy (non-hydrogen) atoms. The van der Waals surface area contributed by atoms with E-state index in [0.29, 0.717) is 36.1 Å². The summed E-state index contributed by atoms with van der Waals surface area (Å²) in [6.07, 6.45) is 1.94. The van der Waals surface area contributed by atoms with Gasteiger partial charge in [0.15, 0.2) is 11.5 Å². The van der Waals surface area contributed by atoms with Crippen molar-refractivity contribution in [3.05, 3.63) is 22.2 Å². The Balaban J connectivity index is 2.18. The fourth-order valence-electron chi connectivity index (χ4n) is 2.68. The van der Waals surface area contributed by atoms with Crippen molar-refractivity contribution in [1.29, 1.82) is 0 Å². The monoisotopic (exact) mass is 370 g/mol. The first-order valence-corrected chi connectivity index (χ1v) is 8.39. The van der Waals surface area contributed by atoms with E-state index in [1.165, 1.54) is 0 Å². The number of ether oxygens (including phenoxy) is 2. The fourth-order valence-corrected chi connectivity index (χ4v) is 3.24. The van der Waals surface area contributed by atoms with Crippen molar-refractivity contribution in [3.8, 4) is 11.5 Å². The third-order valence-electron chi connectivity index (χ3n) is 4.00. The van der Waals surface area contributed by atoms with E-state index in [9.17, 15) is 4.79 Å². The Morgan fingerprint density at radius 1 is 1.41 bits per heavy atom. The molecule has 122 valence electrons. The maximum atomic E-state index is 12.7. The van der Waals surface area contributed by atoms with E-state index in [4.69, 9.17) is 15.2 Å². The van der Waals surface area contributed by atoms with Gasteiger partial charge in [-0.05, 0) is 60.3 Å². The average molecular weight is 371 g/mol. The molecule has 1 aromatic carbocycles. The van der Waals surface area contributed by atoms with Crippen LogP contribution < -0.4 is 15.2 Å². The summed E-state index contributed by atoms with van der Waals surface area (Å²) in [5.41, 5.74) is 6.31. The summed E-state index contributed by atoms with van der Waals surface area (Å²) < 4.78 is 11.6. The Morgan fingerprint density at radius 3 is 2.64 bits per heavy atom. The molecule has 6 heteroatoms. The van der Waals surface area contributed by atoms with Gasteiger partial charge in [-0.3, -0.25) is 4.79 Å². The number of carbonyl (C=O) groups is 1. The topological polar surface area (TPSA) is 64.8 Å². The Morgan fingerprint density at radius 2 is 2.09 bits per heavy atom. The number of nitrogens with zero attached hydrogens (tertiary/aromatic N) is 1. The highest BCUT2D eigenvalue weighted by Crippen LogP contribution is 2.37. The van der Waals surface area contributed by atoms with E-state index in [-0.39, 0.29) is 5.91 Å². The number of carbonyl (C=O) groups excluding carboxylic acids is 1. The molecule has 0 saturated carbocycles. The lowest BCUT2D eigenvalue weighted by Gasteiger charge is -2.31. The summed E-state index contributed by atoms with van der Waals surface area (Å²) in [4.78, 5) is 14.5. The molecule has 1 heterocycles. The lowest BCUT2D eigenvalue weighted by Crippen LogP contribution is -2.40. The number of hydrogen-bond acceptors (Lipinski definition) is 4. The number of amides is 1. The molecule has 1 aromatic rings. The zero-order valence-electron chi connectivity index (χ0n) is 13.1. The highest BCUT2D eigenvalue weighted by atomic mass is 79.9. The fraction of sp³-hybridized carbons (Fsp3) is 0.562. The molecule has 0 aliphatic carbocycles. The van der Waals surface area contributed by atoms with Crippen molar-refractivity contribution in [1.82, 2.24) is 4.90 Å². The van der Waals surface area contributed by atoms with Crippen molar-refractivity contribution >= 4 is 21.8 Å². The molecule has 2 rings (SSSR count). The molecule has 1 aliphatic rings. The number of benzene rings is 1. The number of nitrogens with two attached hydrogens (primary N) is 1. The molecule has 1 aliphatic heterocycles. The molecule has 2 N–H and O–H groups in total. The second kappa shape index (κ2) is 7.83. The van der Waals surface area contributed by atoms with Gasteiger partial charge in [-0.25, -0.2) is 0 Å². The number of piperidine rings is 1. The van der Waals surface area contributed by atoms with Gasteiger partial charge in [0, 0.05) is 18.7 Å². The summed E-state index contributed by atoms with van der Waals surface area (Å²) in [7, 11) is 1.57. The minimum atomic E-state index is 0.0255. The smallest absolute Gasteiger partial charge is 0.254 e. The molecule has 0 radical (unpaired) electrons. The SMILES string of the molecule is CCOc1c(Br)cc(C(=O)N2CCC(CN)CC2)cc1OC. The largest absolute Gasteiger partial charge is 0.493 e. The molecule has 0 atom stereocenters. The first kappa shape index (κ1) is 17.1. The maximum absolute atomic E-state index is 12.7. The predicted molar refractivity (Wildman–Crippen MR) is 89.5 cm³/mol. The van der Waals surface area contributed by atoms with E-state index >= 15 is 0 Å². The predicted octanol–water partition coefficient (Wildman–Crippen LogP) is 2.67. The van der Waals surface area contributed by atoms with Crippen LogP contribution in [0.15, 0.2) is 16.6 Å². The van der Waals surface area contributed by atoms with Crippen LogP contribution in [0.3, 0.4) is 0 Å². The zero-order valence-corrected chi connectivity index (χ0v) is 14.7. The first-order chi connectivity index (χ1) is 10.6. The van der Waals surface area contributed by atoms with E-state index in [1.807, 2.05) is 11.8 Å². The Bertz CT molecular complexity index is 528. The summed E-state index contributed by atoms with van der Waals surface area (Å²) in [5.74, 6) is 1.75. The van der Waals surface area contributed by atoms with Gasteiger partial charge >= 0.3 is 0 Å². The normalized spacial score (nSPS) is 15.7. The van der Waals surface area contributed by atoms with Crippen molar-refractivity contribution in [2.75, 3.05) is 33.4 Å². The Labute approximate surface area is 139 Å². The molecule has 1 amide bonds. The molecule has 5 nitrogen and oxygen atoms in total. The first-order valence-electron chi connectivity index (χ1n) is 7.60. The van der Waals surface area contributed by atoms with Gasteiger partial charge in [-0.2, -0.15) is 0 Å². The number of likely N-dealkylation sites (tertiary alicyclic amines) is 1. The van der Waals surface area contributed by atoms with Gasteiger partial charge < -0.3 is 20.1 Å². The zero-order chi connectivity index (χ0) is 16.1. The van der Waals surface area contributed by atoms with Crippen molar-refractivity contribution in [3.63, 3.8) is 0 Å². The summed E-state index contributed by atoms with van der Waals surface area (Å²) >= 11 is 3.46. The minimum Gasteiger partial charge on any atom is -0.493 e. The van der Waals surface area contributed by atoms with Gasteiger partial charge in [0.05, 0.1) is 18.2 Å². The van der Waals surface area contributed by atoms with E-state index < -0.39 is 0 Å². The molecule has 1 fully saturated rings. The van der Waals surface area contributed by atoms with Crippen LogP contribution in [-0.2, 0) is 0 Å². The number of rotatable bonds is 5. The van der Waals surface area contributed by atoms with Gasteiger partial charge in [-0.15, -0.1) is 0 Å². The van der Waals surface area contributed by atoms with Gasteiger partial charge in [-0.1, -0.05) is 0 Å². The third-order valence-corrected chi connectivity index (χ3v) is 4.59. The van der Waals surface area contributed by atoms with Crippen LogP contribution in [0.4, 0.5) is 0 Å². The summed E-state index contributed by atoms with van der Waals surface area (Å²) in [6.45, 7) is 4.66. The number of halogens is 1. The van der Waals surface area contributed by atoms with E-state index in [2.05, 4.69) is 15.9 Å². The van der Waals surface area contributed by atoms with Crippen LogP contribution in [0.2, 0.25) is 0 Å².